The summed E-state index contributed by atoms with van der Waals surface area (Å²) in [5, 5.41) is 32.5. The molecule has 7 rings (SSSR count). The van der Waals surface area contributed by atoms with Crippen LogP contribution in [0.15, 0.2) is 24.3 Å². The smallest absolute Gasteiger partial charge is 0.310 e. The van der Waals surface area contributed by atoms with Crippen molar-refractivity contribution in [1.82, 2.24) is 0 Å². The molecule has 2 aromatic rings. The minimum absolute atomic E-state index is 0.0301. The molecule has 0 unspecified atom stereocenters. The Morgan fingerprint density at radius 1 is 0.881 bits per heavy atom. The number of fused-ring (bicyclic) bond motifs is 4. The molecule has 4 aliphatic heterocycles. The Hall–Kier alpha value is -3.33. The lowest BCUT2D eigenvalue weighted by molar-refractivity contribution is -0.364. The molecule has 3 N–H and O–H groups in total. The van der Waals surface area contributed by atoms with E-state index in [1.165, 1.54) is 14.2 Å². The monoisotopic (exact) mass is 588 g/mol. The van der Waals surface area contributed by atoms with Gasteiger partial charge in [0.2, 0.25) is 12.5 Å². The SMILES string of the molecule is COc1cc([C@@H]2c3cc4c(cc3[C@H](O[C@@H]3O[C@@H]5CO[C@@H](C)O[C@H]5[C@H](O)[C@H]3O)[C@H]3COC(=O)[C@@H]23)OCO4)cc(OC)c1O. The van der Waals surface area contributed by atoms with Crippen molar-refractivity contribution in [1.29, 1.82) is 0 Å². The standard InChI is InChI=1S/C29H32O13/c1-11-36-9-20-27(40-11)24(31)25(32)29(41-20)42-26-14-7-17-16(38-10-39-17)6-13(14)21(22-15(26)8-37-28(22)33)12-4-18(34-2)23(30)19(5-12)35-3/h4-7,11,15,20-22,24-27,29-32H,8-10H2,1-3H3/t11-,15+,20-,21-,22-,24-,25-,26+,27-,29+/m1/s1. The van der Waals surface area contributed by atoms with Gasteiger partial charge in [-0.15, -0.1) is 0 Å². The summed E-state index contributed by atoms with van der Waals surface area (Å²) in [7, 11) is 2.86. The highest BCUT2D eigenvalue weighted by atomic mass is 16.8. The molecule has 0 amide bonds. The number of carbonyl (C=O) groups is 1. The number of aliphatic hydroxyl groups excluding tert-OH is 2. The van der Waals surface area contributed by atoms with Crippen LogP contribution in [-0.2, 0) is 28.5 Å². The first-order valence-corrected chi connectivity index (χ1v) is 13.8. The van der Waals surface area contributed by atoms with Crippen molar-refractivity contribution in [3.05, 3.63) is 41.0 Å². The van der Waals surface area contributed by atoms with Crippen molar-refractivity contribution in [2.45, 2.75) is 55.9 Å². The molecule has 0 aromatic heterocycles. The van der Waals surface area contributed by atoms with Gasteiger partial charge in [0.15, 0.2) is 35.6 Å². The van der Waals surface area contributed by atoms with Gasteiger partial charge in [-0.3, -0.25) is 4.79 Å². The van der Waals surface area contributed by atoms with Crippen molar-refractivity contribution in [2.75, 3.05) is 34.2 Å². The van der Waals surface area contributed by atoms with Crippen molar-refractivity contribution in [2.24, 2.45) is 11.8 Å². The van der Waals surface area contributed by atoms with Crippen LogP contribution in [0, 0.1) is 11.8 Å². The molecule has 0 saturated carbocycles. The fourth-order valence-corrected chi connectivity index (χ4v) is 6.74. The van der Waals surface area contributed by atoms with Gasteiger partial charge in [0, 0.05) is 11.8 Å². The van der Waals surface area contributed by atoms with E-state index in [0.29, 0.717) is 28.2 Å². The number of aliphatic hydroxyl groups is 2. The maximum absolute atomic E-state index is 13.4. The first-order valence-electron chi connectivity index (χ1n) is 13.8. The Balaban J connectivity index is 1.32. The molecule has 10 atom stereocenters. The Bertz CT molecular complexity index is 1350. The molecular weight excluding hydrogens is 556 g/mol. The first-order chi connectivity index (χ1) is 20.3. The van der Waals surface area contributed by atoms with Crippen molar-refractivity contribution >= 4 is 5.97 Å². The maximum atomic E-state index is 13.4. The molecule has 13 nitrogen and oxygen atoms in total. The number of cyclic esters (lactones) is 1. The predicted molar refractivity (Wildman–Crippen MR) is 138 cm³/mol. The second kappa shape index (κ2) is 10.4. The third-order valence-corrected chi connectivity index (χ3v) is 8.75. The minimum atomic E-state index is -1.44. The Labute approximate surface area is 240 Å². The summed E-state index contributed by atoms with van der Waals surface area (Å²) in [6.07, 6.45) is -6.80. The first kappa shape index (κ1) is 27.5. The molecule has 4 heterocycles. The summed E-state index contributed by atoms with van der Waals surface area (Å²) in [4.78, 5) is 13.4. The Kier molecular flexibility index (Phi) is 6.83. The van der Waals surface area contributed by atoms with Gasteiger partial charge in [0.1, 0.15) is 24.4 Å². The average molecular weight is 589 g/mol. The number of methoxy groups -OCH3 is 2. The van der Waals surface area contributed by atoms with Gasteiger partial charge < -0.3 is 58.0 Å². The number of phenolic OH excluding ortho intramolecular Hbond substituents is 1. The fourth-order valence-electron chi connectivity index (χ4n) is 6.74. The summed E-state index contributed by atoms with van der Waals surface area (Å²) in [6, 6.07) is 6.93. The number of rotatable bonds is 5. The number of carbonyl (C=O) groups excluding carboxylic acids is 1. The van der Waals surface area contributed by atoms with Crippen LogP contribution in [-0.4, -0.2) is 92.5 Å². The van der Waals surface area contributed by atoms with E-state index >= 15 is 0 Å². The molecule has 226 valence electrons. The average Bonchev–Trinajstić information content (AvgIpc) is 3.61. The number of ether oxygens (including phenoxy) is 9. The minimum Gasteiger partial charge on any atom is -0.502 e. The summed E-state index contributed by atoms with van der Waals surface area (Å²) in [5.74, 6) is -1.02. The lowest BCUT2D eigenvalue weighted by Gasteiger charge is -2.47. The lowest BCUT2D eigenvalue weighted by Crippen LogP contribution is -2.63. The molecule has 42 heavy (non-hydrogen) atoms. The van der Waals surface area contributed by atoms with Crippen LogP contribution >= 0.6 is 0 Å². The summed E-state index contributed by atoms with van der Waals surface area (Å²) < 4.78 is 51.5. The van der Waals surface area contributed by atoms with Crippen molar-refractivity contribution in [3.8, 4) is 28.7 Å². The quantitative estimate of drug-likeness (QED) is 0.430. The molecule has 2 aromatic carbocycles. The van der Waals surface area contributed by atoms with Gasteiger partial charge in [-0.05, 0) is 47.9 Å². The van der Waals surface area contributed by atoms with E-state index in [0.717, 1.165) is 0 Å². The molecule has 0 spiro atoms. The highest BCUT2D eigenvalue weighted by molar-refractivity contribution is 5.79. The maximum Gasteiger partial charge on any atom is 0.310 e. The van der Waals surface area contributed by atoms with E-state index in [1.807, 2.05) is 0 Å². The zero-order chi connectivity index (χ0) is 29.3. The lowest BCUT2D eigenvalue weighted by atomic mass is 9.66. The largest absolute Gasteiger partial charge is 0.502 e. The highest BCUT2D eigenvalue weighted by Gasteiger charge is 2.56. The van der Waals surface area contributed by atoms with Crippen LogP contribution in [0.4, 0.5) is 0 Å². The van der Waals surface area contributed by atoms with Gasteiger partial charge in [-0.1, -0.05) is 0 Å². The van der Waals surface area contributed by atoms with Gasteiger partial charge >= 0.3 is 5.97 Å². The predicted octanol–water partition coefficient (Wildman–Crippen LogP) is 1.34. The van der Waals surface area contributed by atoms with E-state index in [2.05, 4.69) is 0 Å². The molecule has 0 radical (unpaired) electrons. The zero-order valence-corrected chi connectivity index (χ0v) is 23.1. The van der Waals surface area contributed by atoms with Crippen LogP contribution in [0.25, 0.3) is 0 Å². The summed E-state index contributed by atoms with van der Waals surface area (Å²) >= 11 is 0. The van der Waals surface area contributed by atoms with E-state index in [-0.39, 0.29) is 37.3 Å². The normalized spacial score (nSPS) is 36.5. The van der Waals surface area contributed by atoms with Crippen LogP contribution in [0.1, 0.15) is 35.6 Å². The highest BCUT2D eigenvalue weighted by Crippen LogP contribution is 2.57. The van der Waals surface area contributed by atoms with Crippen molar-refractivity contribution in [3.63, 3.8) is 0 Å². The third kappa shape index (κ3) is 4.26. The van der Waals surface area contributed by atoms with E-state index < -0.39 is 66.8 Å². The van der Waals surface area contributed by atoms with Crippen LogP contribution < -0.4 is 18.9 Å². The van der Waals surface area contributed by atoms with Gasteiger partial charge in [0.05, 0.1) is 39.5 Å². The van der Waals surface area contributed by atoms with Gasteiger partial charge in [-0.25, -0.2) is 0 Å². The van der Waals surface area contributed by atoms with Crippen LogP contribution in [0.2, 0.25) is 0 Å². The number of hydrogen-bond acceptors (Lipinski definition) is 13. The molecule has 3 saturated heterocycles. The van der Waals surface area contributed by atoms with Crippen molar-refractivity contribution < 1.29 is 62.7 Å². The number of hydrogen-bond donors (Lipinski definition) is 3. The van der Waals surface area contributed by atoms with Gasteiger partial charge in [-0.2, -0.15) is 0 Å². The molecular formula is C29H32O13. The topological polar surface area (TPSA) is 161 Å². The Morgan fingerprint density at radius 3 is 2.26 bits per heavy atom. The second-order valence-electron chi connectivity index (χ2n) is 11.0. The number of aromatic hydroxyl groups is 1. The number of benzene rings is 2. The molecule has 5 aliphatic rings. The van der Waals surface area contributed by atoms with Crippen LogP contribution in [0.5, 0.6) is 28.7 Å². The van der Waals surface area contributed by atoms with Gasteiger partial charge in [0.25, 0.3) is 0 Å². The van der Waals surface area contributed by atoms with E-state index in [4.69, 9.17) is 42.6 Å². The molecule has 3 fully saturated rings. The van der Waals surface area contributed by atoms with E-state index in [9.17, 15) is 20.1 Å². The number of phenols is 1. The third-order valence-electron chi connectivity index (χ3n) is 8.75. The molecule has 1 aliphatic carbocycles. The fraction of sp³-hybridized carbons (Fsp3) is 0.552. The summed E-state index contributed by atoms with van der Waals surface area (Å²) in [6.45, 7) is 1.93. The summed E-state index contributed by atoms with van der Waals surface area (Å²) in [5.41, 5.74) is 2.01. The van der Waals surface area contributed by atoms with E-state index in [1.54, 1.807) is 31.2 Å². The zero-order valence-electron chi connectivity index (χ0n) is 23.1. The van der Waals surface area contributed by atoms with Crippen LogP contribution in [0.3, 0.4) is 0 Å². The number of esters is 1. The second-order valence-corrected chi connectivity index (χ2v) is 11.0. The molecule has 0 bridgehead atoms. The Morgan fingerprint density at radius 2 is 1.57 bits per heavy atom. The molecule has 13 heteroatoms.